The van der Waals surface area contributed by atoms with Crippen LogP contribution in [0.5, 0.6) is 17.2 Å². The summed E-state index contributed by atoms with van der Waals surface area (Å²) in [6.07, 6.45) is 3.20. The van der Waals surface area contributed by atoms with Gasteiger partial charge in [0.05, 0.1) is 12.5 Å². The minimum absolute atomic E-state index is 0.0104. The number of rotatable bonds is 8. The molecule has 1 unspecified atom stereocenters. The number of hydrogen-bond donors (Lipinski definition) is 1. The number of nitrogens with zero attached hydrogens (tertiary/aromatic N) is 1. The van der Waals surface area contributed by atoms with E-state index in [1.807, 2.05) is 56.3 Å². The molecule has 1 aliphatic rings. The smallest absolute Gasteiger partial charge is 0.379 e. The highest BCUT2D eigenvalue weighted by molar-refractivity contribution is 5.97. The largest absolute Gasteiger partial charge is 0.494 e. The van der Waals surface area contributed by atoms with Gasteiger partial charge in [-0.25, -0.2) is 4.79 Å². The van der Waals surface area contributed by atoms with Gasteiger partial charge in [0.1, 0.15) is 34.5 Å². The van der Waals surface area contributed by atoms with Crippen LogP contribution in [0.1, 0.15) is 64.9 Å². The molecule has 39 heavy (non-hydrogen) atoms. The van der Waals surface area contributed by atoms with Gasteiger partial charge in [-0.3, -0.25) is 0 Å². The Labute approximate surface area is 227 Å². The van der Waals surface area contributed by atoms with Gasteiger partial charge in [-0.1, -0.05) is 49.6 Å². The van der Waals surface area contributed by atoms with E-state index in [1.54, 1.807) is 18.2 Å². The summed E-state index contributed by atoms with van der Waals surface area (Å²) >= 11 is 0. The third-order valence-corrected chi connectivity index (χ3v) is 6.89. The number of nitrogens with two attached hydrogens (primary N) is 1. The second-order valence-electron chi connectivity index (χ2n) is 9.70. The number of aryl methyl sites for hydroxylation is 2. The summed E-state index contributed by atoms with van der Waals surface area (Å²) in [5, 5.41) is 10.8. The molecule has 1 aromatic heterocycles. The number of ether oxygens (including phenoxy) is 3. The third-order valence-electron chi connectivity index (χ3n) is 6.89. The molecular formula is C32H30N2O5. The first-order chi connectivity index (χ1) is 18.9. The lowest BCUT2D eigenvalue weighted by Crippen LogP contribution is -2.21. The third kappa shape index (κ3) is 5.19. The highest BCUT2D eigenvalue weighted by Crippen LogP contribution is 2.44. The molecule has 5 rings (SSSR count). The molecule has 0 saturated carbocycles. The molecule has 1 atom stereocenters. The maximum Gasteiger partial charge on any atom is 0.379 e. The van der Waals surface area contributed by atoms with E-state index in [-0.39, 0.29) is 17.4 Å². The number of carbonyl (C=O) groups excluding carboxylic acids is 1. The summed E-state index contributed by atoms with van der Waals surface area (Å²) in [6.45, 7) is 6.60. The molecule has 0 spiro atoms. The first-order valence-corrected chi connectivity index (χ1v) is 13.1. The summed E-state index contributed by atoms with van der Waals surface area (Å²) in [7, 11) is 0. The van der Waals surface area contributed by atoms with Crippen molar-refractivity contribution in [1.29, 1.82) is 5.26 Å². The van der Waals surface area contributed by atoms with E-state index in [1.165, 1.54) is 0 Å². The molecule has 4 aromatic rings. The van der Waals surface area contributed by atoms with Gasteiger partial charge in [-0.05, 0) is 56.2 Å². The number of fused-ring (bicyclic) bond motifs is 2. The number of hydrogen-bond acceptors (Lipinski definition) is 7. The van der Waals surface area contributed by atoms with Gasteiger partial charge < -0.3 is 24.4 Å². The normalized spacial score (nSPS) is 14.5. The van der Waals surface area contributed by atoms with Crippen LogP contribution in [0.3, 0.4) is 0 Å². The first-order valence-electron chi connectivity index (χ1n) is 13.1. The lowest BCUT2D eigenvalue weighted by Gasteiger charge is -2.27. The zero-order chi connectivity index (χ0) is 27.5. The zero-order valence-corrected chi connectivity index (χ0v) is 22.2. The van der Waals surface area contributed by atoms with Crippen LogP contribution >= 0.6 is 0 Å². The monoisotopic (exact) mass is 522 g/mol. The Hall–Kier alpha value is -4.70. The Balaban J connectivity index is 1.43. The Morgan fingerprint density at radius 2 is 1.90 bits per heavy atom. The van der Waals surface area contributed by atoms with Crippen LogP contribution in [-0.4, -0.2) is 12.6 Å². The van der Waals surface area contributed by atoms with E-state index in [2.05, 4.69) is 13.0 Å². The van der Waals surface area contributed by atoms with Gasteiger partial charge in [0, 0.05) is 22.6 Å². The van der Waals surface area contributed by atoms with Crippen molar-refractivity contribution in [2.75, 3.05) is 6.61 Å². The van der Waals surface area contributed by atoms with Crippen molar-refractivity contribution in [3.05, 3.63) is 100 Å². The molecule has 0 bridgehead atoms. The van der Waals surface area contributed by atoms with Crippen LogP contribution in [0.25, 0.3) is 11.0 Å². The number of carbonyl (C=O) groups is 1. The maximum atomic E-state index is 13.0. The maximum absolute atomic E-state index is 13.0. The highest BCUT2D eigenvalue weighted by atomic mass is 16.5. The van der Waals surface area contributed by atoms with E-state index < -0.39 is 11.9 Å². The molecule has 7 nitrogen and oxygen atoms in total. The molecule has 1 aliphatic heterocycles. The van der Waals surface area contributed by atoms with Crippen molar-refractivity contribution in [2.24, 2.45) is 5.73 Å². The van der Waals surface area contributed by atoms with Crippen LogP contribution in [0.4, 0.5) is 0 Å². The van der Waals surface area contributed by atoms with Crippen molar-refractivity contribution >= 4 is 16.9 Å². The molecule has 2 heterocycles. The van der Waals surface area contributed by atoms with E-state index in [4.69, 9.17) is 24.4 Å². The van der Waals surface area contributed by atoms with Gasteiger partial charge >= 0.3 is 5.97 Å². The molecule has 2 N–H and O–H groups in total. The van der Waals surface area contributed by atoms with Crippen molar-refractivity contribution in [2.45, 2.75) is 46.0 Å². The van der Waals surface area contributed by atoms with Gasteiger partial charge in [0.2, 0.25) is 11.6 Å². The predicted molar refractivity (Wildman–Crippen MR) is 148 cm³/mol. The Bertz CT molecular complexity index is 1630. The zero-order valence-electron chi connectivity index (χ0n) is 22.2. The lowest BCUT2D eigenvalue weighted by molar-refractivity contribution is 0.0702. The fourth-order valence-corrected chi connectivity index (χ4v) is 4.85. The van der Waals surface area contributed by atoms with Crippen LogP contribution in [0.15, 0.2) is 76.5 Å². The minimum atomic E-state index is -0.609. The Morgan fingerprint density at radius 1 is 1.05 bits per heavy atom. The topological polar surface area (TPSA) is 108 Å². The summed E-state index contributed by atoms with van der Waals surface area (Å²) in [6, 6.07) is 20.7. The minimum Gasteiger partial charge on any atom is -0.494 e. The highest BCUT2D eigenvalue weighted by Gasteiger charge is 2.31. The quantitative estimate of drug-likeness (QED) is 0.150. The average molecular weight is 523 g/mol. The fraction of sp³-hybridized carbons (Fsp3) is 0.250. The van der Waals surface area contributed by atoms with E-state index in [9.17, 15) is 10.1 Å². The van der Waals surface area contributed by atoms with Crippen molar-refractivity contribution < 1.29 is 23.4 Å². The summed E-state index contributed by atoms with van der Waals surface area (Å²) < 4.78 is 23.2. The number of esters is 1. The van der Waals surface area contributed by atoms with Crippen LogP contribution in [0.2, 0.25) is 0 Å². The Kier molecular flexibility index (Phi) is 7.29. The molecule has 0 amide bonds. The lowest BCUT2D eigenvalue weighted by atomic mass is 9.83. The van der Waals surface area contributed by atoms with Gasteiger partial charge in [-0.15, -0.1) is 0 Å². The summed E-state index contributed by atoms with van der Waals surface area (Å²) in [5.41, 5.74) is 10.5. The number of nitriles is 1. The number of unbranched alkanes of at least 4 members (excludes halogenated alkanes) is 2. The predicted octanol–water partition coefficient (Wildman–Crippen LogP) is 7.06. The number of furan rings is 1. The van der Waals surface area contributed by atoms with Gasteiger partial charge in [0.15, 0.2) is 0 Å². The first kappa shape index (κ1) is 25.9. The second kappa shape index (κ2) is 11.0. The second-order valence-corrected chi connectivity index (χ2v) is 9.70. The standard InChI is InChI=1S/C32H30N2O5/c1-4-5-6-14-36-22-9-7-8-21(16-22)29-24-12-11-23(17-28(24)39-31(34)26(29)18-33)37-32(35)30-20(3)25-15-19(2)10-13-27(25)38-30/h7-13,15-17,29H,4-6,14,34H2,1-3H3. The number of benzene rings is 3. The van der Waals surface area contributed by atoms with Crippen LogP contribution in [-0.2, 0) is 0 Å². The average Bonchev–Trinajstić information content (AvgIpc) is 3.26. The van der Waals surface area contributed by atoms with Crippen LogP contribution < -0.4 is 19.9 Å². The molecule has 0 radical (unpaired) electrons. The van der Waals surface area contributed by atoms with Gasteiger partial charge in [0.25, 0.3) is 0 Å². The van der Waals surface area contributed by atoms with E-state index in [0.29, 0.717) is 23.5 Å². The van der Waals surface area contributed by atoms with E-state index in [0.717, 1.165) is 52.7 Å². The molecular weight excluding hydrogens is 492 g/mol. The van der Waals surface area contributed by atoms with Crippen molar-refractivity contribution in [1.82, 2.24) is 0 Å². The SMILES string of the molecule is CCCCCOc1cccc(C2C(C#N)=C(N)Oc3cc(OC(=O)c4oc5ccc(C)cc5c4C)ccc32)c1. The number of allylic oxidation sites excluding steroid dienone is 1. The van der Waals surface area contributed by atoms with Gasteiger partial charge in [-0.2, -0.15) is 5.26 Å². The van der Waals surface area contributed by atoms with Crippen LogP contribution in [0, 0.1) is 25.2 Å². The molecule has 0 aliphatic carbocycles. The summed E-state index contributed by atoms with van der Waals surface area (Å²) in [4.78, 5) is 13.0. The summed E-state index contributed by atoms with van der Waals surface area (Å²) in [5.74, 6) is 0.508. The van der Waals surface area contributed by atoms with Crippen molar-refractivity contribution in [3.8, 4) is 23.3 Å². The molecule has 7 heteroatoms. The molecule has 0 fully saturated rings. The molecule has 198 valence electrons. The fourth-order valence-electron chi connectivity index (χ4n) is 4.85. The molecule has 0 saturated heterocycles. The molecule has 3 aromatic carbocycles. The Morgan fingerprint density at radius 3 is 2.69 bits per heavy atom. The van der Waals surface area contributed by atoms with E-state index >= 15 is 0 Å². The van der Waals surface area contributed by atoms with Crippen molar-refractivity contribution in [3.63, 3.8) is 0 Å².